The Bertz CT molecular complexity index is 819. The van der Waals surface area contributed by atoms with Crippen LogP contribution in [0, 0.1) is 11.8 Å². The van der Waals surface area contributed by atoms with Gasteiger partial charge in [0.25, 0.3) is 0 Å². The summed E-state index contributed by atoms with van der Waals surface area (Å²) < 4.78 is 25.4. The zero-order valence-corrected chi connectivity index (χ0v) is 15.0. The van der Waals surface area contributed by atoms with E-state index < -0.39 is 39.6 Å². The maximum atomic E-state index is 12.7. The van der Waals surface area contributed by atoms with Crippen LogP contribution in [0.5, 0.6) is 0 Å². The van der Waals surface area contributed by atoms with E-state index in [1.165, 1.54) is 17.0 Å². The first-order valence-electron chi connectivity index (χ1n) is 8.62. The summed E-state index contributed by atoms with van der Waals surface area (Å²) in [5.41, 5.74) is 0. The molecule has 3 unspecified atom stereocenters. The Hall–Kier alpha value is -2.22. The molecule has 1 heterocycles. The second-order valence-corrected chi connectivity index (χ2v) is 8.95. The van der Waals surface area contributed by atoms with E-state index in [1.807, 2.05) is 0 Å². The van der Waals surface area contributed by atoms with Crippen LogP contribution in [-0.2, 0) is 24.2 Å². The summed E-state index contributed by atoms with van der Waals surface area (Å²) in [6, 6.07) is 7.60. The van der Waals surface area contributed by atoms with Gasteiger partial charge in [-0.25, -0.2) is 8.42 Å². The van der Waals surface area contributed by atoms with Gasteiger partial charge in [0.1, 0.15) is 11.7 Å². The van der Waals surface area contributed by atoms with Crippen LogP contribution in [0.3, 0.4) is 0 Å². The minimum Gasteiger partial charge on any atom is -0.481 e. The van der Waals surface area contributed by atoms with Gasteiger partial charge in [-0.05, 0) is 25.0 Å². The molecule has 3 rings (SSSR count). The standard InChI is InChI=1S/C18H21NO6S/c20-13-6-7-16(19-9-8-15(17(19)21)18(22)23)12(10-13)11-26(24,25)14-4-2-1-3-5-14/h1-5,12,15-16H,6-11H2,(H,22,23). The maximum absolute atomic E-state index is 12.7. The highest BCUT2D eigenvalue weighted by Gasteiger charge is 2.44. The number of rotatable bonds is 5. The molecule has 1 aromatic rings. The number of carbonyl (C=O) groups excluding carboxylic acids is 2. The molecule has 0 aromatic heterocycles. The van der Waals surface area contributed by atoms with Gasteiger partial charge in [0.05, 0.1) is 10.6 Å². The minimum absolute atomic E-state index is 0.0176. The topological polar surface area (TPSA) is 109 Å². The van der Waals surface area contributed by atoms with Crippen LogP contribution in [0.15, 0.2) is 35.2 Å². The molecule has 8 heteroatoms. The van der Waals surface area contributed by atoms with Gasteiger partial charge >= 0.3 is 5.97 Å². The number of carboxylic acid groups (broad SMARTS) is 1. The molecule has 1 saturated carbocycles. The van der Waals surface area contributed by atoms with Crippen LogP contribution in [0.1, 0.15) is 25.7 Å². The number of hydrogen-bond donors (Lipinski definition) is 1. The maximum Gasteiger partial charge on any atom is 0.316 e. The number of carbonyl (C=O) groups is 3. The van der Waals surface area contributed by atoms with E-state index in [4.69, 9.17) is 5.11 Å². The molecule has 1 saturated heterocycles. The van der Waals surface area contributed by atoms with Crippen LogP contribution >= 0.6 is 0 Å². The lowest BCUT2D eigenvalue weighted by Gasteiger charge is -2.37. The highest BCUT2D eigenvalue weighted by molar-refractivity contribution is 7.91. The molecule has 2 aliphatic rings. The summed E-state index contributed by atoms with van der Waals surface area (Å²) in [6.07, 6.45) is 0.981. The second-order valence-electron chi connectivity index (χ2n) is 6.91. The number of benzene rings is 1. The number of amides is 1. The van der Waals surface area contributed by atoms with Crippen molar-refractivity contribution in [3.8, 4) is 0 Å². The van der Waals surface area contributed by atoms with Crippen molar-refractivity contribution in [3.63, 3.8) is 0 Å². The Balaban J connectivity index is 1.82. The Kier molecular flexibility index (Phi) is 5.13. The normalized spacial score (nSPS) is 26.9. The predicted octanol–water partition coefficient (Wildman–Crippen LogP) is 1.13. The lowest BCUT2D eigenvalue weighted by molar-refractivity contribution is -0.149. The molecule has 140 valence electrons. The van der Waals surface area contributed by atoms with Crippen LogP contribution in [-0.4, -0.2) is 54.4 Å². The van der Waals surface area contributed by atoms with Crippen molar-refractivity contribution in [2.75, 3.05) is 12.3 Å². The Morgan fingerprint density at radius 3 is 2.46 bits per heavy atom. The fraction of sp³-hybridized carbons (Fsp3) is 0.500. The van der Waals surface area contributed by atoms with Crippen LogP contribution in [0.4, 0.5) is 0 Å². The van der Waals surface area contributed by atoms with Crippen molar-refractivity contribution >= 4 is 27.5 Å². The zero-order valence-electron chi connectivity index (χ0n) is 14.2. The summed E-state index contributed by atoms with van der Waals surface area (Å²) in [6.45, 7) is 0.288. The van der Waals surface area contributed by atoms with Gasteiger partial charge in [-0.3, -0.25) is 14.4 Å². The first-order chi connectivity index (χ1) is 12.3. The van der Waals surface area contributed by atoms with Crippen molar-refractivity contribution < 1.29 is 27.9 Å². The predicted molar refractivity (Wildman–Crippen MR) is 92.1 cm³/mol. The van der Waals surface area contributed by atoms with E-state index in [0.29, 0.717) is 6.42 Å². The Labute approximate surface area is 151 Å². The third kappa shape index (κ3) is 3.65. The van der Waals surface area contributed by atoms with Crippen molar-refractivity contribution in [2.24, 2.45) is 11.8 Å². The van der Waals surface area contributed by atoms with Gasteiger partial charge in [-0.1, -0.05) is 18.2 Å². The summed E-state index contributed by atoms with van der Waals surface area (Å²) >= 11 is 0. The number of likely N-dealkylation sites (tertiary alicyclic amines) is 1. The van der Waals surface area contributed by atoms with Gasteiger partial charge in [0, 0.05) is 31.3 Å². The fourth-order valence-corrected chi connectivity index (χ4v) is 5.59. The molecule has 0 spiro atoms. The molecule has 7 nitrogen and oxygen atoms in total. The number of hydrogen-bond acceptors (Lipinski definition) is 5. The third-order valence-corrected chi connectivity index (χ3v) is 7.08. The first kappa shape index (κ1) is 18.6. The van der Waals surface area contributed by atoms with Gasteiger partial charge in [0.2, 0.25) is 5.91 Å². The molecule has 3 atom stereocenters. The summed E-state index contributed by atoms with van der Waals surface area (Å²) in [5, 5.41) is 9.15. The molecule has 1 aliphatic heterocycles. The lowest BCUT2D eigenvalue weighted by atomic mass is 9.84. The van der Waals surface area contributed by atoms with E-state index in [0.717, 1.165) is 0 Å². The van der Waals surface area contributed by atoms with Crippen LogP contribution < -0.4 is 0 Å². The number of sulfone groups is 1. The molecule has 0 bridgehead atoms. The van der Waals surface area contributed by atoms with Crippen LogP contribution in [0.2, 0.25) is 0 Å². The molecule has 26 heavy (non-hydrogen) atoms. The zero-order chi connectivity index (χ0) is 18.9. The number of Topliss-reactive ketones (excluding diaryl/α,β-unsaturated/α-hetero) is 1. The van der Waals surface area contributed by atoms with E-state index in [2.05, 4.69) is 0 Å². The lowest BCUT2D eigenvalue weighted by Crippen LogP contribution is -2.48. The molecule has 1 aliphatic carbocycles. The van der Waals surface area contributed by atoms with Crippen molar-refractivity contribution in [3.05, 3.63) is 30.3 Å². The van der Waals surface area contributed by atoms with Crippen molar-refractivity contribution in [1.82, 2.24) is 4.90 Å². The Morgan fingerprint density at radius 2 is 1.85 bits per heavy atom. The molecule has 1 N–H and O–H groups in total. The smallest absolute Gasteiger partial charge is 0.316 e. The number of aliphatic carboxylic acids is 1. The number of ketones is 1. The highest BCUT2D eigenvalue weighted by atomic mass is 32.2. The van der Waals surface area contributed by atoms with Crippen molar-refractivity contribution in [2.45, 2.75) is 36.6 Å². The van der Waals surface area contributed by atoms with Gasteiger partial charge in [-0.2, -0.15) is 0 Å². The molecule has 2 fully saturated rings. The van der Waals surface area contributed by atoms with E-state index in [-0.39, 0.29) is 42.2 Å². The van der Waals surface area contributed by atoms with Gasteiger partial charge < -0.3 is 10.0 Å². The Morgan fingerprint density at radius 1 is 1.15 bits per heavy atom. The summed E-state index contributed by atoms with van der Waals surface area (Å²) in [4.78, 5) is 37.2. The van der Waals surface area contributed by atoms with E-state index >= 15 is 0 Å². The van der Waals surface area contributed by atoms with E-state index in [1.54, 1.807) is 18.2 Å². The average Bonchev–Trinajstić information content (AvgIpc) is 2.97. The molecule has 1 amide bonds. The molecule has 1 aromatic carbocycles. The highest BCUT2D eigenvalue weighted by Crippen LogP contribution is 2.33. The van der Waals surface area contributed by atoms with E-state index in [9.17, 15) is 22.8 Å². The fourth-order valence-electron chi connectivity index (χ4n) is 3.92. The molecular formula is C18H21NO6S. The molecule has 0 radical (unpaired) electrons. The summed E-state index contributed by atoms with van der Waals surface area (Å²) in [5.74, 6) is -3.46. The molecular weight excluding hydrogens is 358 g/mol. The number of carboxylic acids is 1. The minimum atomic E-state index is -3.60. The third-order valence-electron chi connectivity index (χ3n) is 5.23. The van der Waals surface area contributed by atoms with Crippen LogP contribution in [0.25, 0.3) is 0 Å². The van der Waals surface area contributed by atoms with Gasteiger partial charge in [-0.15, -0.1) is 0 Å². The SMILES string of the molecule is O=C1CCC(N2CCC(C(=O)O)C2=O)C(CS(=O)(=O)c2ccccc2)C1. The largest absolute Gasteiger partial charge is 0.481 e. The quantitative estimate of drug-likeness (QED) is 0.768. The summed E-state index contributed by atoms with van der Waals surface area (Å²) in [7, 11) is -3.60. The van der Waals surface area contributed by atoms with Crippen molar-refractivity contribution in [1.29, 1.82) is 0 Å². The monoisotopic (exact) mass is 379 g/mol. The van der Waals surface area contributed by atoms with Gasteiger partial charge in [0.15, 0.2) is 9.84 Å². The average molecular weight is 379 g/mol. The first-order valence-corrected chi connectivity index (χ1v) is 10.3. The second kappa shape index (κ2) is 7.19. The number of nitrogens with zero attached hydrogens (tertiary/aromatic N) is 1.